The fourth-order valence-electron chi connectivity index (χ4n) is 4.94. The number of carbonyl (C=O) groups excluding carboxylic acids is 2. The maximum atomic E-state index is 13.2. The lowest BCUT2D eigenvalue weighted by atomic mass is 9.82. The van der Waals surface area contributed by atoms with E-state index in [4.69, 9.17) is 10.5 Å². The highest BCUT2D eigenvalue weighted by atomic mass is 16.5. The number of carbonyl (C=O) groups is 2. The molecular formula is C22H40N2O4. The van der Waals surface area contributed by atoms with E-state index in [1.165, 1.54) is 39.2 Å². The summed E-state index contributed by atoms with van der Waals surface area (Å²) >= 11 is 0. The lowest BCUT2D eigenvalue weighted by Gasteiger charge is -2.32. The van der Waals surface area contributed by atoms with Gasteiger partial charge in [0.1, 0.15) is 6.04 Å². The van der Waals surface area contributed by atoms with Crippen LogP contribution in [0.3, 0.4) is 0 Å². The van der Waals surface area contributed by atoms with Gasteiger partial charge in [0.15, 0.2) is 0 Å². The van der Waals surface area contributed by atoms with Crippen LogP contribution in [0, 0.1) is 17.8 Å². The van der Waals surface area contributed by atoms with Crippen LogP contribution in [-0.2, 0) is 14.3 Å². The van der Waals surface area contributed by atoms with Crippen molar-refractivity contribution >= 4 is 11.9 Å². The molecule has 0 unspecified atom stereocenters. The van der Waals surface area contributed by atoms with Crippen LogP contribution >= 0.6 is 0 Å². The van der Waals surface area contributed by atoms with Crippen molar-refractivity contribution in [3.05, 3.63) is 0 Å². The second-order valence-electron chi connectivity index (χ2n) is 9.25. The van der Waals surface area contributed by atoms with E-state index in [1.807, 2.05) is 0 Å². The van der Waals surface area contributed by atoms with Crippen molar-refractivity contribution in [1.29, 1.82) is 0 Å². The van der Waals surface area contributed by atoms with Gasteiger partial charge in [0.2, 0.25) is 5.91 Å². The number of likely N-dealkylation sites (tertiary alicyclic amines) is 1. The number of nitrogens with two attached hydrogens (primary N) is 1. The van der Waals surface area contributed by atoms with Crippen LogP contribution in [0.1, 0.15) is 78.1 Å². The summed E-state index contributed by atoms with van der Waals surface area (Å²) in [5, 5.41) is 10.8. The zero-order valence-corrected chi connectivity index (χ0v) is 17.9. The predicted molar refractivity (Wildman–Crippen MR) is 109 cm³/mol. The third-order valence-electron chi connectivity index (χ3n) is 6.46. The van der Waals surface area contributed by atoms with Crippen LogP contribution in [0.15, 0.2) is 0 Å². The monoisotopic (exact) mass is 396 g/mol. The third kappa shape index (κ3) is 6.45. The summed E-state index contributed by atoms with van der Waals surface area (Å²) in [4.78, 5) is 26.9. The van der Waals surface area contributed by atoms with E-state index >= 15 is 0 Å². The Bertz CT molecular complexity index is 505. The standard InChI is InChI=1S/C22H40N2O4/c1-15(2)12-17(21(26)24-11-7-10-19(24)22(27)28-3)14-20(25)18(23)13-16-8-5-4-6-9-16/h15-20,25H,4-14,23H2,1-3H3/t17-,18+,19+,20+/m1/s1. The highest BCUT2D eigenvalue weighted by molar-refractivity contribution is 5.86. The molecule has 1 aliphatic carbocycles. The molecule has 3 N–H and O–H groups in total. The first-order valence-corrected chi connectivity index (χ1v) is 11.1. The Labute approximate surface area is 170 Å². The number of hydrogen-bond acceptors (Lipinski definition) is 5. The highest BCUT2D eigenvalue weighted by Gasteiger charge is 2.39. The number of nitrogens with zero attached hydrogens (tertiary/aromatic N) is 1. The fourth-order valence-corrected chi connectivity index (χ4v) is 4.94. The number of esters is 1. The van der Waals surface area contributed by atoms with Gasteiger partial charge >= 0.3 is 5.97 Å². The summed E-state index contributed by atoms with van der Waals surface area (Å²) < 4.78 is 4.88. The largest absolute Gasteiger partial charge is 0.467 e. The second kappa shape index (κ2) is 11.1. The molecule has 1 saturated heterocycles. The molecule has 1 heterocycles. The molecule has 6 nitrogen and oxygen atoms in total. The molecule has 0 aromatic heterocycles. The molecular weight excluding hydrogens is 356 g/mol. The van der Waals surface area contributed by atoms with Crippen LogP contribution in [-0.4, -0.2) is 53.7 Å². The quantitative estimate of drug-likeness (QED) is 0.585. The Morgan fingerprint density at radius 2 is 1.79 bits per heavy atom. The molecule has 2 rings (SSSR count). The van der Waals surface area contributed by atoms with Crippen LogP contribution in [0.5, 0.6) is 0 Å². The van der Waals surface area contributed by atoms with Crippen LogP contribution in [0.4, 0.5) is 0 Å². The van der Waals surface area contributed by atoms with Gasteiger partial charge in [0.25, 0.3) is 0 Å². The van der Waals surface area contributed by atoms with Gasteiger partial charge in [-0.25, -0.2) is 4.79 Å². The van der Waals surface area contributed by atoms with E-state index in [0.29, 0.717) is 37.6 Å². The van der Waals surface area contributed by atoms with Crippen molar-refractivity contribution in [3.8, 4) is 0 Å². The molecule has 0 spiro atoms. The molecule has 0 aromatic rings. The molecule has 0 bridgehead atoms. The number of methoxy groups -OCH3 is 1. The molecule has 2 aliphatic rings. The number of hydrogen-bond donors (Lipinski definition) is 2. The molecule has 0 aromatic carbocycles. The van der Waals surface area contributed by atoms with E-state index in [2.05, 4.69) is 13.8 Å². The van der Waals surface area contributed by atoms with Gasteiger partial charge in [-0.1, -0.05) is 46.0 Å². The molecule has 1 aliphatic heterocycles. The first kappa shape index (κ1) is 23.1. The molecule has 162 valence electrons. The topological polar surface area (TPSA) is 92.9 Å². The van der Waals surface area contributed by atoms with Gasteiger partial charge in [-0.2, -0.15) is 0 Å². The molecule has 28 heavy (non-hydrogen) atoms. The summed E-state index contributed by atoms with van der Waals surface area (Å²) in [7, 11) is 1.36. The Hall–Kier alpha value is -1.14. The second-order valence-corrected chi connectivity index (χ2v) is 9.25. The molecule has 1 amide bonds. The van der Waals surface area contributed by atoms with Crippen molar-refractivity contribution < 1.29 is 19.4 Å². The summed E-state index contributed by atoms with van der Waals surface area (Å²) in [6.07, 6.45) is 8.87. The number of amides is 1. The van der Waals surface area contributed by atoms with E-state index in [1.54, 1.807) is 4.90 Å². The van der Waals surface area contributed by atoms with Crippen molar-refractivity contribution in [3.63, 3.8) is 0 Å². The summed E-state index contributed by atoms with van der Waals surface area (Å²) in [5.74, 6) is 0.238. The first-order chi connectivity index (χ1) is 13.3. The van der Waals surface area contributed by atoms with Crippen molar-refractivity contribution in [2.75, 3.05) is 13.7 Å². The highest BCUT2D eigenvalue weighted by Crippen LogP contribution is 2.30. The predicted octanol–water partition coefficient (Wildman–Crippen LogP) is 2.86. The van der Waals surface area contributed by atoms with Gasteiger partial charge in [-0.05, 0) is 43.9 Å². The Morgan fingerprint density at radius 3 is 2.39 bits per heavy atom. The van der Waals surface area contributed by atoms with E-state index in [9.17, 15) is 14.7 Å². The van der Waals surface area contributed by atoms with Crippen LogP contribution in [0.25, 0.3) is 0 Å². The maximum Gasteiger partial charge on any atom is 0.328 e. The Kier molecular flexibility index (Phi) is 9.22. The summed E-state index contributed by atoms with van der Waals surface area (Å²) in [6.45, 7) is 4.74. The van der Waals surface area contributed by atoms with Crippen molar-refractivity contribution in [2.24, 2.45) is 23.5 Å². The molecule has 2 fully saturated rings. The minimum atomic E-state index is -0.686. The lowest BCUT2D eigenvalue weighted by molar-refractivity contribution is -0.153. The smallest absolute Gasteiger partial charge is 0.328 e. The first-order valence-electron chi connectivity index (χ1n) is 11.1. The molecule has 1 saturated carbocycles. The normalized spacial score (nSPS) is 24.2. The van der Waals surface area contributed by atoms with Crippen LogP contribution in [0.2, 0.25) is 0 Å². The number of aliphatic hydroxyl groups is 1. The molecule has 6 heteroatoms. The van der Waals surface area contributed by atoms with Gasteiger partial charge in [0, 0.05) is 18.5 Å². The van der Waals surface area contributed by atoms with E-state index < -0.39 is 12.1 Å². The van der Waals surface area contributed by atoms with Crippen LogP contribution < -0.4 is 5.73 Å². The van der Waals surface area contributed by atoms with Gasteiger partial charge in [-0.15, -0.1) is 0 Å². The zero-order valence-electron chi connectivity index (χ0n) is 17.9. The van der Waals surface area contributed by atoms with Gasteiger partial charge < -0.3 is 20.5 Å². The minimum Gasteiger partial charge on any atom is -0.467 e. The zero-order chi connectivity index (χ0) is 20.7. The Balaban J connectivity index is 1.99. The number of aliphatic hydroxyl groups excluding tert-OH is 1. The minimum absolute atomic E-state index is 0.0366. The van der Waals surface area contributed by atoms with Crippen molar-refractivity contribution in [1.82, 2.24) is 4.90 Å². The third-order valence-corrected chi connectivity index (χ3v) is 6.46. The number of ether oxygens (including phenoxy) is 1. The fraction of sp³-hybridized carbons (Fsp3) is 0.909. The van der Waals surface area contributed by atoms with E-state index in [0.717, 1.165) is 12.8 Å². The van der Waals surface area contributed by atoms with Gasteiger partial charge in [-0.3, -0.25) is 4.79 Å². The van der Waals surface area contributed by atoms with Crippen molar-refractivity contribution in [2.45, 2.75) is 96.2 Å². The summed E-state index contributed by atoms with van der Waals surface area (Å²) in [6, 6.07) is -0.777. The Morgan fingerprint density at radius 1 is 1.11 bits per heavy atom. The average Bonchev–Trinajstić information content (AvgIpc) is 3.16. The number of rotatable bonds is 9. The SMILES string of the molecule is COC(=O)[C@@H]1CCCN1C(=O)[C@H](CC(C)C)C[C@H](O)[C@@H](N)CC1CCCCC1. The van der Waals surface area contributed by atoms with Gasteiger partial charge in [0.05, 0.1) is 13.2 Å². The maximum absolute atomic E-state index is 13.2. The average molecular weight is 397 g/mol. The molecule has 4 atom stereocenters. The summed E-state index contributed by atoms with van der Waals surface area (Å²) in [5.41, 5.74) is 6.33. The van der Waals surface area contributed by atoms with E-state index in [-0.39, 0.29) is 23.8 Å². The lowest BCUT2D eigenvalue weighted by Crippen LogP contribution is -2.46. The molecule has 0 radical (unpaired) electrons.